The summed E-state index contributed by atoms with van der Waals surface area (Å²) in [6.45, 7) is 6.58. The van der Waals surface area contributed by atoms with Crippen LogP contribution in [0.2, 0.25) is 0 Å². The maximum atomic E-state index is 13.8. The van der Waals surface area contributed by atoms with Crippen LogP contribution in [-0.4, -0.2) is 57.7 Å². The number of hydrogen-bond donors (Lipinski definition) is 1. The Bertz CT molecular complexity index is 1240. The molecule has 3 atom stereocenters. The summed E-state index contributed by atoms with van der Waals surface area (Å²) < 4.78 is 25.2. The highest BCUT2D eigenvalue weighted by atomic mass is 19.1. The summed E-state index contributed by atoms with van der Waals surface area (Å²) in [5.41, 5.74) is 1.91. The van der Waals surface area contributed by atoms with Crippen LogP contribution < -0.4 is 0 Å². The normalized spacial score (nSPS) is 21.9. The number of aromatic nitrogens is 1. The van der Waals surface area contributed by atoms with Crippen molar-refractivity contribution in [3.63, 3.8) is 0 Å². The van der Waals surface area contributed by atoms with Gasteiger partial charge in [-0.2, -0.15) is 0 Å². The number of H-pyrrole nitrogens is 1. The molecule has 2 aliphatic heterocycles. The third kappa shape index (κ3) is 4.57. The minimum atomic E-state index is -0.629. The maximum Gasteiger partial charge on any atom is 0.410 e. The Morgan fingerprint density at radius 3 is 2.60 bits per heavy atom. The Kier molecular flexibility index (Phi) is 5.91. The zero-order chi connectivity index (χ0) is 24.7. The largest absolute Gasteiger partial charge is 0.445 e. The summed E-state index contributed by atoms with van der Waals surface area (Å²) in [5, 5.41) is 0.880. The number of carbonyl (C=O) groups excluding carboxylic acids is 2. The number of nitrogens with one attached hydrogen (secondary N) is 1. The van der Waals surface area contributed by atoms with Crippen LogP contribution in [0.5, 0.6) is 0 Å². The van der Waals surface area contributed by atoms with Crippen LogP contribution in [0.4, 0.5) is 14.0 Å². The van der Waals surface area contributed by atoms with Crippen LogP contribution in [0, 0.1) is 5.82 Å². The van der Waals surface area contributed by atoms with E-state index in [-0.39, 0.29) is 36.5 Å². The number of carbonyl (C=O) groups is 2. The quantitative estimate of drug-likeness (QED) is 0.544. The SMILES string of the molecule is CC(C)(C)OC(=O)N1CC[C@@H]2[C@H]1[C@H](c1c[nH]c3cc(F)ccc13)CN2C(=O)OCc1ccccc1. The van der Waals surface area contributed by atoms with Gasteiger partial charge in [-0.25, -0.2) is 14.0 Å². The Balaban J connectivity index is 1.44. The summed E-state index contributed by atoms with van der Waals surface area (Å²) in [4.78, 5) is 33.0. The first kappa shape index (κ1) is 23.2. The number of rotatable bonds is 3. The van der Waals surface area contributed by atoms with Crippen molar-refractivity contribution >= 4 is 23.1 Å². The minimum absolute atomic E-state index is 0.168. The van der Waals surface area contributed by atoms with E-state index in [1.54, 1.807) is 15.9 Å². The fourth-order valence-electron chi connectivity index (χ4n) is 5.34. The van der Waals surface area contributed by atoms with Crippen molar-refractivity contribution in [3.8, 4) is 0 Å². The van der Waals surface area contributed by atoms with Crippen LogP contribution in [-0.2, 0) is 16.1 Å². The van der Waals surface area contributed by atoms with E-state index in [2.05, 4.69) is 4.98 Å². The first-order valence-electron chi connectivity index (χ1n) is 11.9. The van der Waals surface area contributed by atoms with Gasteiger partial charge in [-0.3, -0.25) is 0 Å². The fourth-order valence-corrected chi connectivity index (χ4v) is 5.34. The number of benzene rings is 2. The number of nitrogens with zero attached hydrogens (tertiary/aromatic N) is 2. The third-order valence-electron chi connectivity index (χ3n) is 6.77. The second-order valence-corrected chi connectivity index (χ2v) is 10.3. The molecule has 184 valence electrons. The van der Waals surface area contributed by atoms with Crippen molar-refractivity contribution in [1.82, 2.24) is 14.8 Å². The molecule has 1 aromatic heterocycles. The van der Waals surface area contributed by atoms with E-state index in [0.29, 0.717) is 25.0 Å². The van der Waals surface area contributed by atoms with Crippen LogP contribution in [0.15, 0.2) is 54.7 Å². The van der Waals surface area contributed by atoms with Crippen LogP contribution in [0.25, 0.3) is 10.9 Å². The zero-order valence-corrected chi connectivity index (χ0v) is 20.2. The number of ether oxygens (including phenoxy) is 2. The number of aromatic amines is 1. The minimum Gasteiger partial charge on any atom is -0.445 e. The van der Waals surface area contributed by atoms with Crippen molar-refractivity contribution < 1.29 is 23.5 Å². The third-order valence-corrected chi connectivity index (χ3v) is 6.77. The van der Waals surface area contributed by atoms with Gasteiger partial charge >= 0.3 is 12.2 Å². The molecule has 2 fully saturated rings. The van der Waals surface area contributed by atoms with Crippen molar-refractivity contribution in [1.29, 1.82) is 0 Å². The summed E-state index contributed by atoms with van der Waals surface area (Å²) in [6, 6.07) is 13.7. The highest BCUT2D eigenvalue weighted by molar-refractivity contribution is 5.84. The lowest BCUT2D eigenvalue weighted by molar-refractivity contribution is 0.0209. The van der Waals surface area contributed by atoms with Gasteiger partial charge < -0.3 is 24.3 Å². The Hall–Kier alpha value is -3.55. The number of halogens is 1. The van der Waals surface area contributed by atoms with Gasteiger partial charge in [-0.15, -0.1) is 0 Å². The lowest BCUT2D eigenvalue weighted by atomic mass is 9.91. The van der Waals surface area contributed by atoms with Crippen LogP contribution in [0.1, 0.15) is 44.2 Å². The Morgan fingerprint density at radius 2 is 1.86 bits per heavy atom. The second-order valence-electron chi connectivity index (χ2n) is 10.3. The molecule has 7 nitrogen and oxygen atoms in total. The molecule has 5 rings (SSSR count). The summed E-state index contributed by atoms with van der Waals surface area (Å²) >= 11 is 0. The molecule has 35 heavy (non-hydrogen) atoms. The number of amides is 2. The fraction of sp³-hybridized carbons (Fsp3) is 0.407. The molecule has 0 radical (unpaired) electrons. The predicted molar refractivity (Wildman–Crippen MR) is 129 cm³/mol. The molecule has 8 heteroatoms. The zero-order valence-electron chi connectivity index (χ0n) is 20.2. The first-order chi connectivity index (χ1) is 16.7. The van der Waals surface area contributed by atoms with Gasteiger partial charge in [0, 0.05) is 36.1 Å². The molecule has 1 N–H and O–H groups in total. The van der Waals surface area contributed by atoms with E-state index in [4.69, 9.17) is 9.47 Å². The van der Waals surface area contributed by atoms with E-state index in [1.807, 2.05) is 57.3 Å². The molecule has 0 unspecified atom stereocenters. The van der Waals surface area contributed by atoms with Crippen LogP contribution >= 0.6 is 0 Å². The lowest BCUT2D eigenvalue weighted by Crippen LogP contribution is -2.44. The van der Waals surface area contributed by atoms with Gasteiger partial charge in [-0.1, -0.05) is 30.3 Å². The van der Waals surface area contributed by atoms with Gasteiger partial charge in [-0.05, 0) is 56.5 Å². The molecule has 0 aliphatic carbocycles. The van der Waals surface area contributed by atoms with Gasteiger partial charge in [0.1, 0.15) is 18.0 Å². The van der Waals surface area contributed by atoms with Gasteiger partial charge in [0.25, 0.3) is 0 Å². The summed E-state index contributed by atoms with van der Waals surface area (Å²) in [5.74, 6) is -0.490. The number of likely N-dealkylation sites (tertiary alicyclic amines) is 2. The van der Waals surface area contributed by atoms with E-state index in [9.17, 15) is 14.0 Å². The number of hydrogen-bond acceptors (Lipinski definition) is 4. The van der Waals surface area contributed by atoms with Crippen LogP contribution in [0.3, 0.4) is 0 Å². The van der Waals surface area contributed by atoms with E-state index >= 15 is 0 Å². The standard InChI is InChI=1S/C27H30FN3O4/c1-27(2,3)35-26(33)30-12-11-23-24(30)21(20-14-29-22-13-18(28)9-10-19(20)22)15-31(23)25(32)34-16-17-7-5-4-6-8-17/h4-10,13-14,21,23-24,29H,11-12,15-16H2,1-3H3/t21-,23+,24+/m0/s1. The molecular weight excluding hydrogens is 449 g/mol. The van der Waals surface area contributed by atoms with Crippen molar-refractivity contribution in [2.45, 2.75) is 57.4 Å². The monoisotopic (exact) mass is 479 g/mol. The molecule has 0 saturated carbocycles. The number of fused-ring (bicyclic) bond motifs is 2. The Morgan fingerprint density at radius 1 is 1.09 bits per heavy atom. The van der Waals surface area contributed by atoms with Crippen molar-refractivity contribution in [2.24, 2.45) is 0 Å². The van der Waals surface area contributed by atoms with E-state index < -0.39 is 11.7 Å². The molecule has 0 spiro atoms. The van der Waals surface area contributed by atoms with Crippen molar-refractivity contribution in [2.75, 3.05) is 13.1 Å². The molecule has 2 saturated heterocycles. The molecule has 2 amide bonds. The van der Waals surface area contributed by atoms with E-state index in [1.165, 1.54) is 12.1 Å². The van der Waals surface area contributed by atoms with Gasteiger partial charge in [0.2, 0.25) is 0 Å². The molecule has 2 aromatic carbocycles. The molecule has 0 bridgehead atoms. The Labute approximate surface area is 203 Å². The smallest absolute Gasteiger partial charge is 0.410 e. The molecule has 3 aromatic rings. The predicted octanol–water partition coefficient (Wildman–Crippen LogP) is 5.42. The lowest BCUT2D eigenvalue weighted by Gasteiger charge is -2.31. The molecular formula is C27H30FN3O4. The molecule has 3 heterocycles. The van der Waals surface area contributed by atoms with Gasteiger partial charge in [0.15, 0.2) is 0 Å². The maximum absolute atomic E-state index is 13.8. The topological polar surface area (TPSA) is 74.9 Å². The molecule has 2 aliphatic rings. The summed E-state index contributed by atoms with van der Waals surface area (Å²) in [6.07, 6.45) is 1.71. The average molecular weight is 480 g/mol. The average Bonchev–Trinajstić information content (AvgIpc) is 3.50. The van der Waals surface area contributed by atoms with Gasteiger partial charge in [0.05, 0.1) is 12.1 Å². The summed E-state index contributed by atoms with van der Waals surface area (Å²) in [7, 11) is 0. The van der Waals surface area contributed by atoms with Crippen molar-refractivity contribution in [3.05, 3.63) is 71.7 Å². The highest BCUT2D eigenvalue weighted by Gasteiger charge is 2.53. The highest BCUT2D eigenvalue weighted by Crippen LogP contribution is 2.43. The van der Waals surface area contributed by atoms with E-state index in [0.717, 1.165) is 16.5 Å². The first-order valence-corrected chi connectivity index (χ1v) is 11.9. The second kappa shape index (κ2) is 8.91.